The van der Waals surface area contributed by atoms with Crippen LogP contribution in [-0.4, -0.2) is 41.9 Å². The van der Waals surface area contributed by atoms with Gasteiger partial charge in [0.1, 0.15) is 6.33 Å². The molecule has 1 unspecified atom stereocenters. The Bertz CT molecular complexity index is 1360. The number of halogens is 6. The van der Waals surface area contributed by atoms with Gasteiger partial charge in [0.25, 0.3) is 5.91 Å². The number of hydrogen-bond donors (Lipinski definition) is 1. The number of carbonyl (C=O) groups excluding carboxylic acids is 1. The Morgan fingerprint density at radius 1 is 1.08 bits per heavy atom. The summed E-state index contributed by atoms with van der Waals surface area (Å²) in [5.41, 5.74) is -3.70. The molecule has 0 saturated heterocycles. The zero-order valence-electron chi connectivity index (χ0n) is 19.1. The molecule has 2 heterocycles. The molecule has 2 atom stereocenters. The number of nitrogens with one attached hydrogen (secondary N) is 1. The quantitative estimate of drug-likeness (QED) is 0.452. The smallest absolute Gasteiger partial charge is 0.342 e. The number of carbonyl (C=O) groups is 1. The van der Waals surface area contributed by atoms with Crippen molar-refractivity contribution in [3.8, 4) is 5.82 Å². The third-order valence-electron chi connectivity index (χ3n) is 4.94. The predicted octanol–water partition coefficient (Wildman–Crippen LogP) is 4.94. The molecule has 0 radical (unpaired) electrons. The Balaban J connectivity index is 1.92. The van der Waals surface area contributed by atoms with Gasteiger partial charge in [-0.25, -0.2) is 14.2 Å². The van der Waals surface area contributed by atoms with Gasteiger partial charge in [-0.2, -0.15) is 40.5 Å². The molecule has 0 spiro atoms. The first kappa shape index (κ1) is 27.1. The van der Waals surface area contributed by atoms with Crippen LogP contribution >= 0.6 is 0 Å². The van der Waals surface area contributed by atoms with E-state index in [1.54, 1.807) is 6.92 Å². The fourth-order valence-corrected chi connectivity index (χ4v) is 3.71. The number of nitrogens with zero attached hydrogens (tertiary/aromatic N) is 5. The highest BCUT2D eigenvalue weighted by Crippen LogP contribution is 2.36. The van der Waals surface area contributed by atoms with E-state index in [-0.39, 0.29) is 17.7 Å². The number of hydrogen-bond acceptors (Lipinski definition) is 6. The summed E-state index contributed by atoms with van der Waals surface area (Å²) in [6.07, 6.45) is -6.18. The molecule has 2 aromatic heterocycles. The molecule has 0 aliphatic carbocycles. The Kier molecular flexibility index (Phi) is 7.43. The maximum Gasteiger partial charge on any atom is 0.416 e. The van der Waals surface area contributed by atoms with Crippen LogP contribution in [0.15, 0.2) is 47.2 Å². The van der Waals surface area contributed by atoms with Crippen molar-refractivity contribution in [2.45, 2.75) is 32.2 Å². The van der Waals surface area contributed by atoms with Crippen molar-refractivity contribution in [1.82, 2.24) is 25.1 Å². The van der Waals surface area contributed by atoms with Crippen LogP contribution in [-0.2, 0) is 22.1 Å². The summed E-state index contributed by atoms with van der Waals surface area (Å²) in [6.45, 7) is 3.14. The lowest BCUT2D eigenvalue weighted by atomic mass is 10.0. The first-order valence-electron chi connectivity index (χ1n) is 10.3. The van der Waals surface area contributed by atoms with Crippen molar-refractivity contribution in [1.29, 1.82) is 0 Å². The molecule has 0 saturated carbocycles. The number of aromatic nitrogens is 4. The second kappa shape index (κ2) is 9.87. The SMILES string of the molecule is CCS(C)(=O)=Nc1ccnc(-n2ncnc2[C@H](C)NC(=O)c2cc(C(F)(F)F)cc(C(F)(F)F)c2)c1. The van der Waals surface area contributed by atoms with Gasteiger partial charge in [0.05, 0.1) is 22.9 Å². The van der Waals surface area contributed by atoms with Gasteiger partial charge in [0.2, 0.25) is 0 Å². The predicted molar refractivity (Wildman–Crippen MR) is 118 cm³/mol. The monoisotopic (exact) mass is 534 g/mol. The lowest BCUT2D eigenvalue weighted by molar-refractivity contribution is -0.143. The zero-order chi connectivity index (χ0) is 26.9. The van der Waals surface area contributed by atoms with Crippen molar-refractivity contribution in [3.05, 3.63) is 65.4 Å². The third-order valence-corrected chi connectivity index (χ3v) is 6.61. The van der Waals surface area contributed by atoms with E-state index in [4.69, 9.17) is 0 Å². The maximum atomic E-state index is 13.1. The number of amides is 1. The average molecular weight is 534 g/mol. The molecule has 0 aliphatic rings. The fourth-order valence-electron chi connectivity index (χ4n) is 3.02. The molecular formula is C21H20F6N6O2S. The van der Waals surface area contributed by atoms with Gasteiger partial charge in [0.15, 0.2) is 11.6 Å². The summed E-state index contributed by atoms with van der Waals surface area (Å²) in [5.74, 6) is -0.592. The van der Waals surface area contributed by atoms with E-state index in [1.807, 2.05) is 0 Å². The van der Waals surface area contributed by atoms with E-state index < -0.39 is 50.7 Å². The van der Waals surface area contributed by atoms with E-state index in [9.17, 15) is 35.3 Å². The molecule has 15 heteroatoms. The lowest BCUT2D eigenvalue weighted by Crippen LogP contribution is -2.29. The highest BCUT2D eigenvalue weighted by atomic mass is 32.2. The highest BCUT2D eigenvalue weighted by molar-refractivity contribution is 7.93. The molecule has 3 aromatic rings. The minimum atomic E-state index is -5.09. The summed E-state index contributed by atoms with van der Waals surface area (Å²) >= 11 is 0. The van der Waals surface area contributed by atoms with Crippen molar-refractivity contribution < 1.29 is 35.3 Å². The molecule has 0 bridgehead atoms. The number of benzene rings is 1. The van der Waals surface area contributed by atoms with Gasteiger partial charge in [-0.3, -0.25) is 4.79 Å². The van der Waals surface area contributed by atoms with Gasteiger partial charge >= 0.3 is 12.4 Å². The van der Waals surface area contributed by atoms with E-state index >= 15 is 0 Å². The second-order valence-electron chi connectivity index (χ2n) is 7.73. The average Bonchev–Trinajstić information content (AvgIpc) is 3.28. The van der Waals surface area contributed by atoms with Crippen LogP contribution in [0.2, 0.25) is 0 Å². The summed E-state index contributed by atoms with van der Waals surface area (Å²) in [5, 5.41) is 6.35. The molecule has 1 N–H and O–H groups in total. The number of rotatable bonds is 6. The summed E-state index contributed by atoms with van der Waals surface area (Å²) < 4.78 is 96.5. The van der Waals surface area contributed by atoms with E-state index in [0.717, 1.165) is 6.33 Å². The van der Waals surface area contributed by atoms with Crippen molar-refractivity contribution in [2.75, 3.05) is 12.0 Å². The maximum absolute atomic E-state index is 13.1. The normalized spacial score (nSPS) is 14.7. The first-order chi connectivity index (χ1) is 16.6. The summed E-state index contributed by atoms with van der Waals surface area (Å²) in [6, 6.07) is 2.60. The van der Waals surface area contributed by atoms with Gasteiger partial charge in [-0.1, -0.05) is 6.92 Å². The molecule has 1 amide bonds. The Hall–Kier alpha value is -3.49. The number of alkyl halides is 6. The van der Waals surface area contributed by atoms with Crippen molar-refractivity contribution >= 4 is 21.3 Å². The Morgan fingerprint density at radius 3 is 2.25 bits per heavy atom. The van der Waals surface area contributed by atoms with Crippen molar-refractivity contribution in [2.24, 2.45) is 4.36 Å². The lowest BCUT2D eigenvalue weighted by Gasteiger charge is -2.17. The Morgan fingerprint density at radius 2 is 1.69 bits per heavy atom. The van der Waals surface area contributed by atoms with Gasteiger partial charge in [-0.05, 0) is 31.2 Å². The van der Waals surface area contributed by atoms with E-state index in [2.05, 4.69) is 24.7 Å². The minimum absolute atomic E-state index is 0.0618. The van der Waals surface area contributed by atoms with Crippen LogP contribution in [0.5, 0.6) is 0 Å². The highest BCUT2D eigenvalue weighted by Gasteiger charge is 2.37. The fraction of sp³-hybridized carbons (Fsp3) is 0.333. The molecular weight excluding hydrogens is 514 g/mol. The van der Waals surface area contributed by atoms with Crippen molar-refractivity contribution in [3.63, 3.8) is 0 Å². The summed E-state index contributed by atoms with van der Waals surface area (Å²) in [7, 11) is -2.47. The van der Waals surface area contributed by atoms with Crippen LogP contribution in [0.25, 0.3) is 5.82 Å². The van der Waals surface area contributed by atoms with Gasteiger partial charge in [0, 0.05) is 39.6 Å². The molecule has 1 aromatic carbocycles. The molecule has 36 heavy (non-hydrogen) atoms. The number of pyridine rings is 1. The van der Waals surface area contributed by atoms with Crippen LogP contribution in [0.3, 0.4) is 0 Å². The van der Waals surface area contributed by atoms with Crippen LogP contribution in [0, 0.1) is 0 Å². The topological polar surface area (TPSA) is 102 Å². The van der Waals surface area contributed by atoms with Gasteiger partial charge in [-0.15, -0.1) is 0 Å². The second-order valence-corrected chi connectivity index (χ2v) is 10.4. The molecule has 3 rings (SSSR count). The minimum Gasteiger partial charge on any atom is -0.342 e. The van der Waals surface area contributed by atoms with Gasteiger partial charge < -0.3 is 5.32 Å². The van der Waals surface area contributed by atoms with Crippen LogP contribution < -0.4 is 5.32 Å². The third kappa shape index (κ3) is 6.38. The summed E-state index contributed by atoms with van der Waals surface area (Å²) in [4.78, 5) is 20.8. The first-order valence-corrected chi connectivity index (χ1v) is 12.4. The molecule has 8 nitrogen and oxygen atoms in total. The molecule has 194 valence electrons. The molecule has 0 fully saturated rings. The van der Waals surface area contributed by atoms with Crippen LogP contribution in [0.1, 0.15) is 47.2 Å². The van der Waals surface area contributed by atoms with E-state index in [1.165, 1.54) is 36.2 Å². The van der Waals surface area contributed by atoms with Crippen LogP contribution in [0.4, 0.5) is 32.0 Å². The standard InChI is InChI=1S/C21H20F6N6O2S/c1-4-36(3,35)32-16-5-6-28-17(10-16)33-18(29-11-30-33)12(2)31-19(34)13-7-14(20(22,23)24)9-15(8-13)21(25,26)27/h5-12H,4H2,1-3H3,(H,31,34)/t12-,36?/m0/s1. The van der Waals surface area contributed by atoms with E-state index in [0.29, 0.717) is 23.6 Å². The molecule has 0 aliphatic heterocycles. The largest absolute Gasteiger partial charge is 0.416 e. The zero-order valence-corrected chi connectivity index (χ0v) is 19.9. The Labute approximate surface area is 201 Å².